The van der Waals surface area contributed by atoms with Crippen LogP contribution in [0.2, 0.25) is 0 Å². The molecule has 0 unspecified atom stereocenters. The molecule has 1 aromatic rings. The van der Waals surface area contributed by atoms with Gasteiger partial charge in [-0.15, -0.1) is 0 Å². The molecule has 1 rings (SSSR count). The van der Waals surface area contributed by atoms with Crippen molar-refractivity contribution in [2.45, 2.75) is 32.9 Å². The van der Waals surface area contributed by atoms with Gasteiger partial charge in [-0.1, -0.05) is 13.8 Å². The van der Waals surface area contributed by atoms with Gasteiger partial charge in [0.2, 0.25) is 0 Å². The van der Waals surface area contributed by atoms with Crippen molar-refractivity contribution in [3.05, 3.63) is 17.7 Å². The highest BCUT2D eigenvalue weighted by Gasteiger charge is 2.29. The van der Waals surface area contributed by atoms with E-state index in [2.05, 4.69) is 15.3 Å². The topological polar surface area (TPSA) is 66.9 Å². The Hall–Kier alpha value is -1.86. The highest BCUT2D eigenvalue weighted by molar-refractivity contribution is 5.97. The molecule has 0 aliphatic heterocycles. The molecule has 0 atom stereocenters. The molecule has 0 fully saturated rings. The zero-order chi connectivity index (χ0) is 15.3. The minimum atomic E-state index is -4.46. The second kappa shape index (κ2) is 6.53. The maximum Gasteiger partial charge on any atom is 0.405 e. The van der Waals surface area contributed by atoms with Gasteiger partial charge < -0.3 is 10.6 Å². The third-order valence-electron chi connectivity index (χ3n) is 2.36. The van der Waals surface area contributed by atoms with Gasteiger partial charge in [0.05, 0.1) is 11.9 Å². The zero-order valence-corrected chi connectivity index (χ0v) is 11.5. The Morgan fingerprint density at radius 2 is 2.05 bits per heavy atom. The third kappa shape index (κ3) is 4.67. The van der Waals surface area contributed by atoms with E-state index in [0.29, 0.717) is 18.1 Å². The van der Waals surface area contributed by atoms with Gasteiger partial charge in [-0.2, -0.15) is 13.2 Å². The van der Waals surface area contributed by atoms with E-state index < -0.39 is 18.6 Å². The number of rotatable bonds is 5. The summed E-state index contributed by atoms with van der Waals surface area (Å²) in [5.41, 5.74) is 0.242. The van der Waals surface area contributed by atoms with Crippen molar-refractivity contribution in [2.24, 2.45) is 0 Å². The fourth-order valence-corrected chi connectivity index (χ4v) is 1.43. The molecule has 0 aliphatic rings. The number of alkyl halides is 3. The number of carbonyl (C=O) groups is 1. The minimum absolute atomic E-state index is 0.0279. The standard InChI is InChI=1S/C12H17F3N4O/c1-4-16-8-5-17-10(7(2)3)19-9(8)11(20)18-6-12(13,14)15/h5,7,16H,4,6H2,1-3H3,(H,18,20). The van der Waals surface area contributed by atoms with Crippen molar-refractivity contribution in [2.75, 3.05) is 18.4 Å². The number of nitrogens with one attached hydrogen (secondary N) is 2. The Kier molecular flexibility index (Phi) is 5.29. The average Bonchev–Trinajstić information content (AvgIpc) is 2.35. The molecule has 0 radical (unpaired) electrons. The Balaban J connectivity index is 2.99. The highest BCUT2D eigenvalue weighted by Crippen LogP contribution is 2.17. The van der Waals surface area contributed by atoms with E-state index in [0.717, 1.165) is 0 Å². The lowest BCUT2D eigenvalue weighted by molar-refractivity contribution is -0.123. The fourth-order valence-electron chi connectivity index (χ4n) is 1.43. The van der Waals surface area contributed by atoms with Gasteiger partial charge in [-0.25, -0.2) is 9.97 Å². The first-order valence-corrected chi connectivity index (χ1v) is 6.20. The SMILES string of the molecule is CCNc1cnc(C(C)C)nc1C(=O)NCC(F)(F)F. The number of aromatic nitrogens is 2. The molecule has 0 spiro atoms. The lowest BCUT2D eigenvalue weighted by Crippen LogP contribution is -2.34. The van der Waals surface area contributed by atoms with Crippen LogP contribution < -0.4 is 10.6 Å². The molecule has 0 saturated carbocycles. The first kappa shape index (κ1) is 16.2. The molecule has 0 saturated heterocycles. The van der Waals surface area contributed by atoms with Crippen LogP contribution in [0.5, 0.6) is 0 Å². The predicted octanol–water partition coefficient (Wildman–Crippen LogP) is 2.32. The monoisotopic (exact) mass is 290 g/mol. The highest BCUT2D eigenvalue weighted by atomic mass is 19.4. The van der Waals surface area contributed by atoms with Crippen LogP contribution in [0.3, 0.4) is 0 Å². The number of carbonyl (C=O) groups excluding carboxylic acids is 1. The quantitative estimate of drug-likeness (QED) is 0.873. The van der Waals surface area contributed by atoms with E-state index in [1.807, 2.05) is 19.2 Å². The van der Waals surface area contributed by atoms with Crippen molar-refractivity contribution in [3.8, 4) is 0 Å². The average molecular weight is 290 g/mol. The van der Waals surface area contributed by atoms with Crippen molar-refractivity contribution in [3.63, 3.8) is 0 Å². The second-order valence-electron chi connectivity index (χ2n) is 4.47. The van der Waals surface area contributed by atoms with Crippen LogP contribution in [0.4, 0.5) is 18.9 Å². The number of amides is 1. The van der Waals surface area contributed by atoms with Gasteiger partial charge >= 0.3 is 6.18 Å². The molecule has 1 aromatic heterocycles. The normalized spacial score (nSPS) is 11.6. The van der Waals surface area contributed by atoms with Gasteiger partial charge in [0.1, 0.15) is 12.4 Å². The molecule has 8 heteroatoms. The van der Waals surface area contributed by atoms with Gasteiger partial charge in [0, 0.05) is 12.5 Å². The molecule has 112 valence electrons. The molecule has 0 aromatic carbocycles. The predicted molar refractivity (Wildman–Crippen MR) is 68.7 cm³/mol. The molecular weight excluding hydrogens is 273 g/mol. The van der Waals surface area contributed by atoms with Crippen molar-refractivity contribution in [1.82, 2.24) is 15.3 Å². The van der Waals surface area contributed by atoms with Crippen LogP contribution in [0.1, 0.15) is 43.0 Å². The van der Waals surface area contributed by atoms with Crippen LogP contribution in [-0.2, 0) is 0 Å². The zero-order valence-electron chi connectivity index (χ0n) is 11.5. The minimum Gasteiger partial charge on any atom is -0.382 e. The molecule has 1 heterocycles. The lowest BCUT2D eigenvalue weighted by atomic mass is 10.2. The summed E-state index contributed by atoms with van der Waals surface area (Å²) in [7, 11) is 0. The summed E-state index contributed by atoms with van der Waals surface area (Å²) in [6.07, 6.45) is -3.05. The summed E-state index contributed by atoms with van der Waals surface area (Å²) in [5, 5.41) is 4.66. The Labute approximate surface area is 115 Å². The molecule has 0 bridgehead atoms. The number of hydrogen-bond donors (Lipinski definition) is 2. The summed E-state index contributed by atoms with van der Waals surface area (Å²) in [6, 6.07) is 0. The Bertz CT molecular complexity index is 474. The smallest absolute Gasteiger partial charge is 0.382 e. The molecule has 20 heavy (non-hydrogen) atoms. The summed E-state index contributed by atoms with van der Waals surface area (Å²) in [5.74, 6) is -0.494. The number of hydrogen-bond acceptors (Lipinski definition) is 4. The van der Waals surface area contributed by atoms with Crippen LogP contribution in [0, 0.1) is 0 Å². The summed E-state index contributed by atoms with van der Waals surface area (Å²) < 4.78 is 36.4. The van der Waals surface area contributed by atoms with E-state index in [-0.39, 0.29) is 11.6 Å². The van der Waals surface area contributed by atoms with E-state index in [1.54, 1.807) is 6.92 Å². The van der Waals surface area contributed by atoms with E-state index >= 15 is 0 Å². The second-order valence-corrected chi connectivity index (χ2v) is 4.47. The van der Waals surface area contributed by atoms with Gasteiger partial charge in [0.25, 0.3) is 5.91 Å². The van der Waals surface area contributed by atoms with E-state index in [1.165, 1.54) is 6.20 Å². The lowest BCUT2D eigenvalue weighted by Gasteiger charge is -2.13. The summed E-state index contributed by atoms with van der Waals surface area (Å²) >= 11 is 0. The van der Waals surface area contributed by atoms with E-state index in [4.69, 9.17) is 0 Å². The van der Waals surface area contributed by atoms with Gasteiger partial charge in [-0.05, 0) is 6.92 Å². The Morgan fingerprint density at radius 3 is 2.55 bits per heavy atom. The van der Waals surface area contributed by atoms with Crippen molar-refractivity contribution in [1.29, 1.82) is 0 Å². The molecular formula is C12H17F3N4O. The summed E-state index contributed by atoms with van der Waals surface area (Å²) in [4.78, 5) is 19.9. The van der Waals surface area contributed by atoms with Crippen LogP contribution in [-0.4, -0.2) is 35.1 Å². The Morgan fingerprint density at radius 1 is 1.40 bits per heavy atom. The maximum absolute atomic E-state index is 12.1. The van der Waals surface area contributed by atoms with Crippen LogP contribution in [0.25, 0.3) is 0 Å². The molecule has 5 nitrogen and oxygen atoms in total. The number of anilines is 1. The van der Waals surface area contributed by atoms with Gasteiger partial charge in [-0.3, -0.25) is 4.79 Å². The maximum atomic E-state index is 12.1. The number of nitrogens with zero attached hydrogens (tertiary/aromatic N) is 2. The van der Waals surface area contributed by atoms with Crippen molar-refractivity contribution < 1.29 is 18.0 Å². The van der Waals surface area contributed by atoms with E-state index in [9.17, 15) is 18.0 Å². The largest absolute Gasteiger partial charge is 0.405 e. The fraction of sp³-hybridized carbons (Fsp3) is 0.583. The van der Waals surface area contributed by atoms with Gasteiger partial charge in [0.15, 0.2) is 5.69 Å². The molecule has 1 amide bonds. The van der Waals surface area contributed by atoms with Crippen LogP contribution >= 0.6 is 0 Å². The van der Waals surface area contributed by atoms with Crippen LogP contribution in [0.15, 0.2) is 6.20 Å². The first-order chi connectivity index (χ1) is 9.24. The third-order valence-corrected chi connectivity index (χ3v) is 2.36. The van der Waals surface area contributed by atoms with Crippen molar-refractivity contribution >= 4 is 11.6 Å². The summed E-state index contributed by atoms with van der Waals surface area (Å²) in [6.45, 7) is 4.58. The molecule has 0 aliphatic carbocycles. The molecule has 2 N–H and O–H groups in total. The first-order valence-electron chi connectivity index (χ1n) is 6.20. The number of halogens is 3.